The number of phenolic OH excluding ortho intramolecular Hbond substituents is 1. The Hall–Kier alpha value is -1.02. The number of rotatable bonds is 8. The molecule has 0 fully saturated rings. The number of aryl methyl sites for hydroxylation is 1. The van der Waals surface area contributed by atoms with Crippen LogP contribution in [0.2, 0.25) is 0 Å². The molecule has 0 aliphatic heterocycles. The average Bonchev–Trinajstić information content (AvgIpc) is 2.36. The highest BCUT2D eigenvalue weighted by Crippen LogP contribution is 2.18. The SMILES string of the molecule is CCCCCCC(C)NCc1cc(C)ccc1O. The Bertz CT molecular complexity index is 349. The molecule has 0 heterocycles. The normalized spacial score (nSPS) is 12.6. The van der Waals surface area contributed by atoms with Gasteiger partial charge in [0.1, 0.15) is 5.75 Å². The van der Waals surface area contributed by atoms with Crippen LogP contribution in [0.25, 0.3) is 0 Å². The van der Waals surface area contributed by atoms with Crippen LogP contribution < -0.4 is 5.32 Å². The molecule has 0 aromatic heterocycles. The maximum absolute atomic E-state index is 9.75. The summed E-state index contributed by atoms with van der Waals surface area (Å²) in [5.74, 6) is 0.395. The first-order valence-corrected chi connectivity index (χ1v) is 7.15. The third-order valence-electron chi connectivity index (χ3n) is 3.37. The lowest BCUT2D eigenvalue weighted by molar-refractivity contribution is 0.449. The van der Waals surface area contributed by atoms with Crippen molar-refractivity contribution in [2.45, 2.75) is 65.5 Å². The minimum absolute atomic E-state index is 0.395. The second-order valence-corrected chi connectivity index (χ2v) is 5.26. The summed E-state index contributed by atoms with van der Waals surface area (Å²) in [6.07, 6.45) is 6.47. The van der Waals surface area contributed by atoms with E-state index in [1.54, 1.807) is 6.07 Å². The van der Waals surface area contributed by atoms with Gasteiger partial charge in [0.05, 0.1) is 0 Å². The van der Waals surface area contributed by atoms with Gasteiger partial charge < -0.3 is 10.4 Å². The lowest BCUT2D eigenvalue weighted by Crippen LogP contribution is -2.25. The first-order valence-electron chi connectivity index (χ1n) is 7.15. The van der Waals surface area contributed by atoms with Gasteiger partial charge in [-0.1, -0.05) is 50.3 Å². The number of aromatic hydroxyl groups is 1. The fourth-order valence-corrected chi connectivity index (χ4v) is 2.12. The van der Waals surface area contributed by atoms with Gasteiger partial charge in [0.15, 0.2) is 0 Å². The van der Waals surface area contributed by atoms with E-state index >= 15 is 0 Å². The van der Waals surface area contributed by atoms with Crippen molar-refractivity contribution < 1.29 is 5.11 Å². The van der Waals surface area contributed by atoms with Crippen LogP contribution >= 0.6 is 0 Å². The molecule has 0 saturated carbocycles. The molecule has 18 heavy (non-hydrogen) atoms. The van der Waals surface area contributed by atoms with E-state index in [0.717, 1.165) is 12.1 Å². The zero-order valence-corrected chi connectivity index (χ0v) is 12.0. The fourth-order valence-electron chi connectivity index (χ4n) is 2.12. The summed E-state index contributed by atoms with van der Waals surface area (Å²) in [5, 5.41) is 13.2. The predicted octanol–water partition coefficient (Wildman–Crippen LogP) is 4.15. The smallest absolute Gasteiger partial charge is 0.120 e. The Morgan fingerprint density at radius 1 is 1.22 bits per heavy atom. The molecule has 0 saturated heterocycles. The maximum atomic E-state index is 9.75. The molecule has 0 aliphatic carbocycles. The van der Waals surface area contributed by atoms with Crippen molar-refractivity contribution in [3.63, 3.8) is 0 Å². The molecular formula is C16H27NO. The average molecular weight is 249 g/mol. The number of hydrogen-bond donors (Lipinski definition) is 2. The molecule has 0 bridgehead atoms. The zero-order valence-electron chi connectivity index (χ0n) is 12.0. The Morgan fingerprint density at radius 2 is 2.00 bits per heavy atom. The van der Waals surface area contributed by atoms with E-state index in [4.69, 9.17) is 0 Å². The largest absolute Gasteiger partial charge is 0.508 e. The number of unbranched alkanes of at least 4 members (excludes halogenated alkanes) is 3. The van der Waals surface area contributed by atoms with E-state index in [0.29, 0.717) is 11.8 Å². The third kappa shape index (κ3) is 5.54. The quantitative estimate of drug-likeness (QED) is 0.678. The van der Waals surface area contributed by atoms with Gasteiger partial charge in [-0.05, 0) is 26.3 Å². The van der Waals surface area contributed by atoms with Crippen molar-refractivity contribution in [1.29, 1.82) is 0 Å². The molecule has 1 aromatic carbocycles. The second kappa shape index (κ2) is 8.15. The fraction of sp³-hybridized carbons (Fsp3) is 0.625. The van der Waals surface area contributed by atoms with E-state index in [1.165, 1.54) is 37.7 Å². The number of nitrogens with one attached hydrogen (secondary N) is 1. The molecule has 2 nitrogen and oxygen atoms in total. The number of benzene rings is 1. The lowest BCUT2D eigenvalue weighted by Gasteiger charge is -2.14. The van der Waals surface area contributed by atoms with E-state index in [-0.39, 0.29) is 0 Å². The molecule has 0 radical (unpaired) electrons. The van der Waals surface area contributed by atoms with Gasteiger partial charge in [0.2, 0.25) is 0 Å². The third-order valence-corrected chi connectivity index (χ3v) is 3.37. The molecule has 2 N–H and O–H groups in total. The highest BCUT2D eigenvalue weighted by molar-refractivity contribution is 5.35. The standard InChI is InChI=1S/C16H27NO/c1-4-5-6-7-8-14(3)17-12-15-11-13(2)9-10-16(15)18/h9-11,14,17-18H,4-8,12H2,1-3H3. The van der Waals surface area contributed by atoms with E-state index in [1.807, 2.05) is 12.1 Å². The van der Waals surface area contributed by atoms with Crippen LogP contribution in [0, 0.1) is 6.92 Å². The summed E-state index contributed by atoms with van der Waals surface area (Å²) in [6, 6.07) is 6.28. The maximum Gasteiger partial charge on any atom is 0.120 e. The van der Waals surface area contributed by atoms with Crippen LogP contribution in [0.5, 0.6) is 5.75 Å². The number of hydrogen-bond acceptors (Lipinski definition) is 2. The van der Waals surface area contributed by atoms with Gasteiger partial charge in [-0.15, -0.1) is 0 Å². The second-order valence-electron chi connectivity index (χ2n) is 5.26. The topological polar surface area (TPSA) is 32.3 Å². The van der Waals surface area contributed by atoms with Gasteiger partial charge in [-0.3, -0.25) is 0 Å². The Labute approximate surface area is 111 Å². The Balaban J connectivity index is 2.29. The van der Waals surface area contributed by atoms with Crippen molar-refractivity contribution in [1.82, 2.24) is 5.32 Å². The summed E-state index contributed by atoms with van der Waals surface area (Å²) in [4.78, 5) is 0. The lowest BCUT2D eigenvalue weighted by atomic mass is 10.1. The monoisotopic (exact) mass is 249 g/mol. The predicted molar refractivity (Wildman–Crippen MR) is 77.9 cm³/mol. The van der Waals surface area contributed by atoms with Crippen LogP contribution in [-0.2, 0) is 6.54 Å². The minimum Gasteiger partial charge on any atom is -0.508 e. The highest BCUT2D eigenvalue weighted by atomic mass is 16.3. The van der Waals surface area contributed by atoms with E-state index < -0.39 is 0 Å². The molecule has 0 aliphatic rings. The van der Waals surface area contributed by atoms with E-state index in [2.05, 4.69) is 26.1 Å². The summed E-state index contributed by atoms with van der Waals surface area (Å²) < 4.78 is 0. The van der Waals surface area contributed by atoms with Crippen LogP contribution in [-0.4, -0.2) is 11.1 Å². The highest BCUT2D eigenvalue weighted by Gasteiger charge is 2.04. The van der Waals surface area contributed by atoms with Gasteiger partial charge in [0, 0.05) is 18.2 Å². The number of phenols is 1. The zero-order chi connectivity index (χ0) is 13.4. The van der Waals surface area contributed by atoms with Crippen molar-refractivity contribution in [2.75, 3.05) is 0 Å². The molecule has 1 unspecified atom stereocenters. The summed E-state index contributed by atoms with van der Waals surface area (Å²) >= 11 is 0. The molecule has 1 rings (SSSR count). The molecule has 102 valence electrons. The van der Waals surface area contributed by atoms with E-state index in [9.17, 15) is 5.11 Å². The van der Waals surface area contributed by atoms with Crippen molar-refractivity contribution in [3.8, 4) is 5.75 Å². The Kier molecular flexibility index (Phi) is 6.81. The van der Waals surface area contributed by atoms with Crippen LogP contribution in [0.15, 0.2) is 18.2 Å². The summed E-state index contributed by atoms with van der Waals surface area (Å²) in [7, 11) is 0. The van der Waals surface area contributed by atoms with Crippen LogP contribution in [0.1, 0.15) is 57.1 Å². The first kappa shape index (κ1) is 15.0. The van der Waals surface area contributed by atoms with Crippen molar-refractivity contribution >= 4 is 0 Å². The van der Waals surface area contributed by atoms with Gasteiger partial charge in [-0.2, -0.15) is 0 Å². The van der Waals surface area contributed by atoms with Crippen molar-refractivity contribution in [2.24, 2.45) is 0 Å². The van der Waals surface area contributed by atoms with Crippen molar-refractivity contribution in [3.05, 3.63) is 29.3 Å². The molecular weight excluding hydrogens is 222 g/mol. The molecule has 1 atom stereocenters. The van der Waals surface area contributed by atoms with Gasteiger partial charge in [-0.25, -0.2) is 0 Å². The molecule has 2 heteroatoms. The summed E-state index contributed by atoms with van der Waals surface area (Å²) in [6.45, 7) is 7.26. The molecule has 0 amide bonds. The Morgan fingerprint density at radius 3 is 2.72 bits per heavy atom. The van der Waals surface area contributed by atoms with Gasteiger partial charge >= 0.3 is 0 Å². The van der Waals surface area contributed by atoms with Crippen LogP contribution in [0.4, 0.5) is 0 Å². The van der Waals surface area contributed by atoms with Gasteiger partial charge in [0.25, 0.3) is 0 Å². The van der Waals surface area contributed by atoms with Crippen LogP contribution in [0.3, 0.4) is 0 Å². The summed E-state index contributed by atoms with van der Waals surface area (Å²) in [5.41, 5.74) is 2.19. The molecule has 1 aromatic rings. The minimum atomic E-state index is 0.395. The molecule has 0 spiro atoms. The first-order chi connectivity index (χ1) is 8.63.